The summed E-state index contributed by atoms with van der Waals surface area (Å²) in [5, 5.41) is 12.3. The number of aliphatic hydroxyl groups excluding tert-OH is 1. The Morgan fingerprint density at radius 1 is 1.48 bits per heavy atom. The maximum absolute atomic E-state index is 12.6. The van der Waals surface area contributed by atoms with Gasteiger partial charge in [-0.2, -0.15) is 13.2 Å². The second kappa shape index (κ2) is 7.51. The molecule has 0 bridgehead atoms. The van der Waals surface area contributed by atoms with Crippen molar-refractivity contribution >= 4 is 23.3 Å². The number of nitrogens with one attached hydrogen (secondary N) is 1. The molecular formula is C13H15ClF3NO3. The number of aliphatic hydroxyl groups is 1. The summed E-state index contributed by atoms with van der Waals surface area (Å²) in [7, 11) is 0. The predicted molar refractivity (Wildman–Crippen MR) is 72.2 cm³/mol. The minimum absolute atomic E-state index is 0.0365. The Morgan fingerprint density at radius 2 is 2.14 bits per heavy atom. The highest BCUT2D eigenvalue weighted by atomic mass is 35.5. The van der Waals surface area contributed by atoms with Crippen LogP contribution in [-0.4, -0.2) is 30.3 Å². The summed E-state index contributed by atoms with van der Waals surface area (Å²) >= 11 is 5.78. The molecule has 0 heterocycles. The monoisotopic (exact) mass is 325 g/mol. The highest BCUT2D eigenvalue weighted by Crippen LogP contribution is 2.33. The van der Waals surface area contributed by atoms with Crippen LogP contribution < -0.4 is 5.32 Å². The molecule has 2 N–H and O–H groups in total. The van der Waals surface area contributed by atoms with Crippen molar-refractivity contribution in [1.29, 1.82) is 0 Å². The van der Waals surface area contributed by atoms with Gasteiger partial charge >= 0.3 is 12.1 Å². The van der Waals surface area contributed by atoms with E-state index in [2.05, 4.69) is 10.1 Å². The largest absolute Gasteiger partial charge is 0.466 e. The van der Waals surface area contributed by atoms with Gasteiger partial charge < -0.3 is 15.2 Å². The van der Waals surface area contributed by atoms with E-state index in [0.29, 0.717) is 0 Å². The number of ether oxygens (including phenoxy) is 1. The fourth-order valence-electron chi connectivity index (χ4n) is 1.55. The molecule has 0 saturated heterocycles. The minimum Gasteiger partial charge on any atom is -0.466 e. The highest BCUT2D eigenvalue weighted by molar-refractivity contribution is 6.33. The summed E-state index contributed by atoms with van der Waals surface area (Å²) in [6.07, 6.45) is -5.82. The molecule has 0 saturated carbocycles. The van der Waals surface area contributed by atoms with Crippen LogP contribution in [0.15, 0.2) is 18.2 Å². The number of benzene rings is 1. The van der Waals surface area contributed by atoms with Gasteiger partial charge in [0.25, 0.3) is 0 Å². The molecule has 4 nitrogen and oxygen atoms in total. The van der Waals surface area contributed by atoms with Crippen molar-refractivity contribution in [2.75, 3.05) is 18.5 Å². The lowest BCUT2D eigenvalue weighted by molar-refractivity contribution is -0.145. The second-order valence-electron chi connectivity index (χ2n) is 4.24. The Balaban J connectivity index is 2.64. The Hall–Kier alpha value is -1.47. The lowest BCUT2D eigenvalue weighted by atomic mass is 10.2. The van der Waals surface area contributed by atoms with Gasteiger partial charge in [0, 0.05) is 6.54 Å². The van der Waals surface area contributed by atoms with Crippen LogP contribution in [0.1, 0.15) is 18.9 Å². The van der Waals surface area contributed by atoms with E-state index in [9.17, 15) is 23.1 Å². The van der Waals surface area contributed by atoms with E-state index in [1.165, 1.54) is 0 Å². The van der Waals surface area contributed by atoms with Crippen LogP contribution in [0, 0.1) is 0 Å². The number of alkyl halides is 3. The Bertz CT molecular complexity index is 494. The molecule has 118 valence electrons. The van der Waals surface area contributed by atoms with E-state index < -0.39 is 23.8 Å². The lowest BCUT2D eigenvalue weighted by Gasteiger charge is -2.15. The molecule has 1 unspecified atom stereocenters. The smallest absolute Gasteiger partial charge is 0.416 e. The molecule has 8 heteroatoms. The first-order valence-electron chi connectivity index (χ1n) is 6.18. The summed E-state index contributed by atoms with van der Waals surface area (Å²) in [5.74, 6) is -0.582. The lowest BCUT2D eigenvalue weighted by Crippen LogP contribution is -2.24. The number of carbonyl (C=O) groups is 1. The van der Waals surface area contributed by atoms with Crippen LogP contribution in [0.25, 0.3) is 0 Å². The van der Waals surface area contributed by atoms with E-state index >= 15 is 0 Å². The number of hydrogen-bond acceptors (Lipinski definition) is 4. The molecule has 0 fully saturated rings. The number of carbonyl (C=O) groups excluding carboxylic acids is 1. The Morgan fingerprint density at radius 3 is 2.71 bits per heavy atom. The average molecular weight is 326 g/mol. The van der Waals surface area contributed by atoms with Gasteiger partial charge in [0.2, 0.25) is 0 Å². The number of esters is 1. The zero-order valence-corrected chi connectivity index (χ0v) is 12.0. The number of halogens is 4. The van der Waals surface area contributed by atoms with Crippen molar-refractivity contribution in [3.05, 3.63) is 28.8 Å². The molecule has 1 atom stereocenters. The summed E-state index contributed by atoms with van der Waals surface area (Å²) < 4.78 is 42.4. The van der Waals surface area contributed by atoms with E-state index in [4.69, 9.17) is 11.6 Å². The molecule has 0 aliphatic carbocycles. The van der Waals surface area contributed by atoms with Gasteiger partial charge in [-0.3, -0.25) is 4.79 Å². The van der Waals surface area contributed by atoms with E-state index in [-0.39, 0.29) is 30.3 Å². The summed E-state index contributed by atoms with van der Waals surface area (Å²) in [6.45, 7) is 1.70. The van der Waals surface area contributed by atoms with Gasteiger partial charge in [-0.1, -0.05) is 11.6 Å². The van der Waals surface area contributed by atoms with Crippen LogP contribution in [0.4, 0.5) is 18.9 Å². The number of hydrogen-bond donors (Lipinski definition) is 2. The molecule has 21 heavy (non-hydrogen) atoms. The first kappa shape index (κ1) is 17.6. The van der Waals surface area contributed by atoms with E-state index in [1.807, 2.05) is 0 Å². The van der Waals surface area contributed by atoms with Crippen LogP contribution in [0.3, 0.4) is 0 Å². The maximum Gasteiger partial charge on any atom is 0.416 e. The van der Waals surface area contributed by atoms with Gasteiger partial charge in [0.05, 0.1) is 35.4 Å². The van der Waals surface area contributed by atoms with Gasteiger partial charge in [0.1, 0.15) is 0 Å². The Labute approximate surface area is 124 Å². The van der Waals surface area contributed by atoms with Crippen molar-refractivity contribution in [3.63, 3.8) is 0 Å². The fraction of sp³-hybridized carbons (Fsp3) is 0.462. The van der Waals surface area contributed by atoms with Crippen molar-refractivity contribution in [2.45, 2.75) is 25.6 Å². The minimum atomic E-state index is -4.48. The van der Waals surface area contributed by atoms with Crippen molar-refractivity contribution in [1.82, 2.24) is 0 Å². The third-order valence-corrected chi connectivity index (χ3v) is 2.86. The fourth-order valence-corrected chi connectivity index (χ4v) is 1.73. The highest BCUT2D eigenvalue weighted by Gasteiger charge is 2.31. The molecule has 0 aliphatic heterocycles. The van der Waals surface area contributed by atoms with Crippen molar-refractivity contribution < 1.29 is 27.8 Å². The van der Waals surface area contributed by atoms with Crippen molar-refractivity contribution in [3.8, 4) is 0 Å². The SMILES string of the molecule is CCOC(=O)CC(O)CNc1cc(C(F)(F)F)ccc1Cl. The van der Waals surface area contributed by atoms with Gasteiger partial charge in [-0.15, -0.1) is 0 Å². The Kier molecular flexibility index (Phi) is 6.29. The first-order valence-corrected chi connectivity index (χ1v) is 6.56. The van der Waals surface area contributed by atoms with Crippen molar-refractivity contribution in [2.24, 2.45) is 0 Å². The average Bonchev–Trinajstić information content (AvgIpc) is 2.36. The number of rotatable bonds is 6. The summed E-state index contributed by atoms with van der Waals surface area (Å²) in [5.41, 5.74) is -0.816. The zero-order chi connectivity index (χ0) is 16.0. The molecule has 1 aromatic carbocycles. The van der Waals surface area contributed by atoms with Crippen LogP contribution in [-0.2, 0) is 15.7 Å². The molecule has 1 rings (SSSR count). The quantitative estimate of drug-likeness (QED) is 0.789. The van der Waals surface area contributed by atoms with Crippen LogP contribution in [0.2, 0.25) is 5.02 Å². The zero-order valence-electron chi connectivity index (χ0n) is 11.2. The molecule has 0 radical (unpaired) electrons. The third-order valence-electron chi connectivity index (χ3n) is 2.53. The van der Waals surface area contributed by atoms with E-state index in [0.717, 1.165) is 18.2 Å². The molecule has 0 aliphatic rings. The van der Waals surface area contributed by atoms with E-state index in [1.54, 1.807) is 6.92 Å². The van der Waals surface area contributed by atoms with Gasteiger partial charge in [0.15, 0.2) is 0 Å². The standard InChI is InChI=1S/C13H15ClF3NO3/c1-2-21-12(20)6-9(19)7-18-11-5-8(13(15,16)17)3-4-10(11)14/h3-5,9,18-19H,2,6-7H2,1H3. The van der Waals surface area contributed by atoms with Gasteiger partial charge in [-0.05, 0) is 25.1 Å². The molecular weight excluding hydrogens is 311 g/mol. The summed E-state index contributed by atoms with van der Waals surface area (Å²) in [6, 6.07) is 2.83. The van der Waals surface area contributed by atoms with Crippen LogP contribution in [0.5, 0.6) is 0 Å². The molecule has 0 amide bonds. The predicted octanol–water partition coefficient (Wildman–Crippen LogP) is 3.08. The molecule has 1 aromatic rings. The first-order chi connectivity index (χ1) is 9.74. The topological polar surface area (TPSA) is 58.6 Å². The normalized spacial score (nSPS) is 12.9. The van der Waals surface area contributed by atoms with Crippen LogP contribution >= 0.6 is 11.6 Å². The number of anilines is 1. The molecule has 0 aromatic heterocycles. The maximum atomic E-state index is 12.6. The molecule has 0 spiro atoms. The second-order valence-corrected chi connectivity index (χ2v) is 4.64. The summed E-state index contributed by atoms with van der Waals surface area (Å²) in [4.78, 5) is 11.1. The third kappa shape index (κ3) is 5.81. The van der Waals surface area contributed by atoms with Gasteiger partial charge in [-0.25, -0.2) is 0 Å².